The van der Waals surface area contributed by atoms with Crippen LogP contribution in [0.25, 0.3) is 0 Å². The normalized spacial score (nSPS) is 21.0. The van der Waals surface area contributed by atoms with Crippen molar-refractivity contribution in [1.29, 1.82) is 0 Å². The highest BCUT2D eigenvalue weighted by Gasteiger charge is 2.41. The highest BCUT2D eigenvalue weighted by Crippen LogP contribution is 2.42. The molecule has 3 rings (SSSR count). The van der Waals surface area contributed by atoms with Crippen LogP contribution in [0.2, 0.25) is 0 Å². The average Bonchev–Trinajstić information content (AvgIpc) is 2.91. The van der Waals surface area contributed by atoms with E-state index in [9.17, 15) is 14.4 Å². The Balaban J connectivity index is 1.96. The molecule has 1 heterocycles. The number of rotatable bonds is 10. The lowest BCUT2D eigenvalue weighted by atomic mass is 9.75. The lowest BCUT2D eigenvalue weighted by Gasteiger charge is -2.40. The predicted molar refractivity (Wildman–Crippen MR) is 144 cm³/mol. The number of hydrogen-bond acceptors (Lipinski definition) is 5. The molecule has 8 heteroatoms. The van der Waals surface area contributed by atoms with Crippen molar-refractivity contribution in [3.05, 3.63) is 23.3 Å². The van der Waals surface area contributed by atoms with Crippen molar-refractivity contribution in [3.63, 3.8) is 0 Å². The number of carbonyl (C=O) groups excluding carboxylic acids is 3. The molecular formula is C29H45N3O5. The Morgan fingerprint density at radius 3 is 2.32 bits per heavy atom. The Morgan fingerprint density at radius 1 is 1.05 bits per heavy atom. The Bertz CT molecular complexity index is 959. The van der Waals surface area contributed by atoms with Crippen LogP contribution < -0.4 is 20.5 Å². The van der Waals surface area contributed by atoms with E-state index in [1.165, 1.54) is 6.42 Å². The molecule has 0 bridgehead atoms. The first kappa shape index (κ1) is 28.8. The summed E-state index contributed by atoms with van der Waals surface area (Å²) in [6, 6.07) is 2.59. The summed E-state index contributed by atoms with van der Waals surface area (Å²) in [6.07, 6.45) is 8.33. The lowest BCUT2D eigenvalue weighted by molar-refractivity contribution is -0.145. The van der Waals surface area contributed by atoms with Crippen molar-refractivity contribution in [2.75, 3.05) is 20.8 Å². The minimum Gasteiger partial charge on any atom is -0.493 e. The molecule has 0 aromatic heterocycles. The molecule has 37 heavy (non-hydrogen) atoms. The molecule has 3 amide bonds. The van der Waals surface area contributed by atoms with Gasteiger partial charge >= 0.3 is 0 Å². The zero-order valence-corrected chi connectivity index (χ0v) is 23.2. The number of amides is 3. The number of benzene rings is 1. The van der Waals surface area contributed by atoms with E-state index in [-0.39, 0.29) is 29.6 Å². The summed E-state index contributed by atoms with van der Waals surface area (Å²) >= 11 is 0. The smallest absolute Gasteiger partial charge is 0.243 e. The first-order valence-electron chi connectivity index (χ1n) is 13.9. The minimum atomic E-state index is -0.751. The molecule has 2 fully saturated rings. The summed E-state index contributed by atoms with van der Waals surface area (Å²) in [7, 11) is 3.22. The number of likely N-dealkylation sites (tertiary alicyclic amines) is 1. The molecule has 0 unspecified atom stereocenters. The number of aryl methyl sites for hydroxylation is 1. The molecule has 1 aliphatic heterocycles. The van der Waals surface area contributed by atoms with Crippen LogP contribution >= 0.6 is 0 Å². The van der Waals surface area contributed by atoms with Crippen LogP contribution in [0.3, 0.4) is 0 Å². The third kappa shape index (κ3) is 6.57. The largest absolute Gasteiger partial charge is 0.493 e. The van der Waals surface area contributed by atoms with Gasteiger partial charge in [-0.25, -0.2) is 0 Å². The van der Waals surface area contributed by atoms with Crippen molar-refractivity contribution in [1.82, 2.24) is 10.2 Å². The van der Waals surface area contributed by atoms with Crippen LogP contribution in [0.15, 0.2) is 12.1 Å². The maximum Gasteiger partial charge on any atom is 0.243 e. The second kappa shape index (κ2) is 13.2. The van der Waals surface area contributed by atoms with E-state index in [0.29, 0.717) is 30.9 Å². The molecule has 8 nitrogen and oxygen atoms in total. The van der Waals surface area contributed by atoms with Gasteiger partial charge in [0.2, 0.25) is 17.7 Å². The van der Waals surface area contributed by atoms with Crippen molar-refractivity contribution in [2.24, 2.45) is 17.6 Å². The average molecular weight is 516 g/mol. The molecule has 1 saturated carbocycles. The fourth-order valence-electron chi connectivity index (χ4n) is 6.07. The molecule has 0 spiro atoms. The summed E-state index contributed by atoms with van der Waals surface area (Å²) in [6.45, 7) is 6.35. The standard InChI is InChI=1S/C29H45N3O5/c1-6-18(2)25(27(30)33)31-28(34)22-14-10-11-15-32(22)29(35)24(20-12-8-7-9-13-20)21-16-19(3)26(37-5)23(17-21)36-4/h16-18,20,22,24-25H,6-15H2,1-5H3,(H2,30,33)(H,31,34)/t18-,22-,24-,25-/m0/s1. The van der Waals surface area contributed by atoms with Crippen molar-refractivity contribution >= 4 is 17.7 Å². The Labute approximate surface area is 221 Å². The second-order valence-corrected chi connectivity index (χ2v) is 10.8. The number of nitrogens with zero attached hydrogens (tertiary/aromatic N) is 1. The Hall–Kier alpha value is -2.77. The fraction of sp³-hybridized carbons (Fsp3) is 0.690. The van der Waals surface area contributed by atoms with Gasteiger partial charge < -0.3 is 25.4 Å². The van der Waals surface area contributed by atoms with Crippen LogP contribution in [0.4, 0.5) is 0 Å². The number of ether oxygens (including phenoxy) is 2. The van der Waals surface area contributed by atoms with E-state index in [4.69, 9.17) is 15.2 Å². The second-order valence-electron chi connectivity index (χ2n) is 10.8. The van der Waals surface area contributed by atoms with Gasteiger partial charge in [-0.3, -0.25) is 14.4 Å². The first-order chi connectivity index (χ1) is 17.7. The maximum absolute atomic E-state index is 14.4. The Morgan fingerprint density at radius 2 is 1.73 bits per heavy atom. The summed E-state index contributed by atoms with van der Waals surface area (Å²) in [5.41, 5.74) is 7.44. The summed E-state index contributed by atoms with van der Waals surface area (Å²) in [4.78, 5) is 41.7. The maximum atomic E-state index is 14.4. The number of carbonyl (C=O) groups is 3. The molecule has 1 aliphatic carbocycles. The van der Waals surface area contributed by atoms with Crippen molar-refractivity contribution in [3.8, 4) is 11.5 Å². The van der Waals surface area contributed by atoms with Gasteiger partial charge in [0, 0.05) is 6.54 Å². The van der Waals surface area contributed by atoms with Crippen LogP contribution in [0, 0.1) is 18.8 Å². The SMILES string of the molecule is CC[C@H](C)[C@H](NC(=O)[C@@H]1CCCCN1C(=O)[C@H](c1cc(C)c(OC)c(OC)c1)C1CCCCC1)C(N)=O. The van der Waals surface area contributed by atoms with Gasteiger partial charge in [0.05, 0.1) is 20.1 Å². The summed E-state index contributed by atoms with van der Waals surface area (Å²) in [5.74, 6) is 0.170. The van der Waals surface area contributed by atoms with E-state index < -0.39 is 18.0 Å². The monoisotopic (exact) mass is 515 g/mol. The van der Waals surface area contributed by atoms with E-state index in [0.717, 1.165) is 49.7 Å². The van der Waals surface area contributed by atoms with E-state index in [2.05, 4.69) is 5.32 Å². The molecular weight excluding hydrogens is 470 g/mol. The highest BCUT2D eigenvalue weighted by molar-refractivity contribution is 5.93. The molecule has 2 aliphatic rings. The van der Waals surface area contributed by atoms with E-state index in [1.807, 2.05) is 32.9 Å². The van der Waals surface area contributed by atoms with Crippen LogP contribution in [0.5, 0.6) is 11.5 Å². The molecule has 1 aromatic rings. The van der Waals surface area contributed by atoms with Gasteiger partial charge in [-0.05, 0) is 68.1 Å². The zero-order valence-electron chi connectivity index (χ0n) is 23.2. The van der Waals surface area contributed by atoms with Crippen molar-refractivity contribution < 1.29 is 23.9 Å². The number of nitrogens with two attached hydrogens (primary N) is 1. The zero-order chi connectivity index (χ0) is 27.1. The van der Waals surface area contributed by atoms with E-state index >= 15 is 0 Å². The van der Waals surface area contributed by atoms with Gasteiger partial charge in [0.1, 0.15) is 12.1 Å². The van der Waals surface area contributed by atoms with Gasteiger partial charge in [0.15, 0.2) is 11.5 Å². The lowest BCUT2D eigenvalue weighted by Crippen LogP contribution is -2.58. The predicted octanol–water partition coefficient (Wildman–Crippen LogP) is 4.07. The first-order valence-corrected chi connectivity index (χ1v) is 13.9. The topological polar surface area (TPSA) is 111 Å². The highest BCUT2D eigenvalue weighted by atomic mass is 16.5. The molecule has 4 atom stereocenters. The third-order valence-electron chi connectivity index (χ3n) is 8.34. The number of nitrogens with one attached hydrogen (secondary N) is 1. The molecule has 0 radical (unpaired) electrons. The minimum absolute atomic E-state index is 0.0162. The molecule has 1 aromatic carbocycles. The van der Waals surface area contributed by atoms with Gasteiger partial charge in [-0.2, -0.15) is 0 Å². The molecule has 1 saturated heterocycles. The van der Waals surface area contributed by atoms with Crippen LogP contribution in [-0.2, 0) is 14.4 Å². The van der Waals surface area contributed by atoms with Gasteiger partial charge in [-0.15, -0.1) is 0 Å². The van der Waals surface area contributed by atoms with E-state index in [1.54, 1.807) is 19.1 Å². The molecule has 206 valence electrons. The van der Waals surface area contributed by atoms with Gasteiger partial charge in [-0.1, -0.05) is 45.6 Å². The quantitative estimate of drug-likeness (QED) is 0.488. The third-order valence-corrected chi connectivity index (χ3v) is 8.34. The molecule has 3 N–H and O–H groups in total. The van der Waals surface area contributed by atoms with Crippen LogP contribution in [-0.4, -0.2) is 55.5 Å². The van der Waals surface area contributed by atoms with Crippen LogP contribution in [0.1, 0.15) is 88.7 Å². The number of primary amides is 1. The van der Waals surface area contributed by atoms with Gasteiger partial charge in [0.25, 0.3) is 0 Å². The number of methoxy groups -OCH3 is 2. The fourth-order valence-corrected chi connectivity index (χ4v) is 6.07. The number of hydrogen-bond donors (Lipinski definition) is 2. The number of piperidine rings is 1. The summed E-state index contributed by atoms with van der Waals surface area (Å²) in [5, 5.41) is 2.88. The summed E-state index contributed by atoms with van der Waals surface area (Å²) < 4.78 is 11.2. The Kier molecular flexibility index (Phi) is 10.2. The van der Waals surface area contributed by atoms with Crippen molar-refractivity contribution in [2.45, 2.75) is 96.6 Å².